The Morgan fingerprint density at radius 1 is 1.06 bits per heavy atom. The van der Waals surface area contributed by atoms with Gasteiger partial charge in [-0.2, -0.15) is 0 Å². The zero-order valence-corrected chi connectivity index (χ0v) is 11.9. The maximum absolute atomic E-state index is 13.2. The van der Waals surface area contributed by atoms with Crippen LogP contribution >= 0.6 is 27.5 Å². The van der Waals surface area contributed by atoms with E-state index in [1.807, 2.05) is 25.1 Å². The summed E-state index contributed by atoms with van der Waals surface area (Å²) in [5.74, 6) is -1.76. The summed E-state index contributed by atoms with van der Waals surface area (Å²) < 4.78 is 26.9. The minimum absolute atomic E-state index is 0.518. The Hall–Kier alpha value is -0.930. The van der Waals surface area contributed by atoms with Gasteiger partial charge in [-0.15, -0.1) is 11.6 Å². The second-order valence-electron chi connectivity index (χ2n) is 4.06. The summed E-state index contributed by atoms with van der Waals surface area (Å²) in [6, 6.07) is 9.43. The minimum Gasteiger partial charge on any atom is -0.204 e. The van der Waals surface area contributed by atoms with Crippen molar-refractivity contribution >= 4 is 27.5 Å². The molecular formula is C14H10BrClF2. The first-order valence-electron chi connectivity index (χ1n) is 5.34. The first kappa shape index (κ1) is 13.5. The predicted octanol–water partition coefficient (Wildman–Crippen LogP) is 5.36. The normalized spacial score (nSPS) is 12.5. The van der Waals surface area contributed by atoms with Gasteiger partial charge in [0.15, 0.2) is 11.6 Å². The van der Waals surface area contributed by atoms with Gasteiger partial charge in [-0.3, -0.25) is 0 Å². The summed E-state index contributed by atoms with van der Waals surface area (Å²) in [6.07, 6.45) is 0. The fraction of sp³-hybridized carbons (Fsp3) is 0.143. The van der Waals surface area contributed by atoms with Crippen molar-refractivity contribution in [3.63, 3.8) is 0 Å². The maximum atomic E-state index is 13.2. The summed E-state index contributed by atoms with van der Waals surface area (Å²) in [7, 11) is 0. The molecule has 18 heavy (non-hydrogen) atoms. The summed E-state index contributed by atoms with van der Waals surface area (Å²) in [4.78, 5) is 0. The minimum atomic E-state index is -0.888. The molecule has 0 heterocycles. The first-order valence-corrected chi connectivity index (χ1v) is 6.57. The Labute approximate surface area is 118 Å². The van der Waals surface area contributed by atoms with Crippen LogP contribution in [-0.4, -0.2) is 0 Å². The molecule has 0 nitrogen and oxygen atoms in total. The fourth-order valence-corrected chi connectivity index (χ4v) is 2.87. The lowest BCUT2D eigenvalue weighted by molar-refractivity contribution is 0.507. The Kier molecular flexibility index (Phi) is 4.03. The highest BCUT2D eigenvalue weighted by atomic mass is 79.9. The zero-order valence-electron chi connectivity index (χ0n) is 9.55. The zero-order chi connectivity index (χ0) is 13.3. The lowest BCUT2D eigenvalue weighted by Gasteiger charge is -2.13. The van der Waals surface area contributed by atoms with E-state index >= 15 is 0 Å². The third-order valence-corrected chi connectivity index (χ3v) is 3.84. The van der Waals surface area contributed by atoms with E-state index in [0.717, 1.165) is 27.7 Å². The van der Waals surface area contributed by atoms with Crippen LogP contribution in [0.25, 0.3) is 0 Å². The highest BCUT2D eigenvalue weighted by Gasteiger charge is 2.15. The second kappa shape index (κ2) is 5.37. The van der Waals surface area contributed by atoms with Crippen LogP contribution in [0.4, 0.5) is 8.78 Å². The molecule has 0 aromatic heterocycles. The van der Waals surface area contributed by atoms with Crippen LogP contribution < -0.4 is 0 Å². The van der Waals surface area contributed by atoms with Crippen LogP contribution in [0.1, 0.15) is 22.1 Å². The molecule has 0 saturated carbocycles. The molecule has 0 saturated heterocycles. The van der Waals surface area contributed by atoms with Crippen LogP contribution in [0.15, 0.2) is 40.9 Å². The lowest BCUT2D eigenvalue weighted by atomic mass is 10.0. The van der Waals surface area contributed by atoms with Gasteiger partial charge in [-0.25, -0.2) is 8.78 Å². The summed E-state index contributed by atoms with van der Waals surface area (Å²) >= 11 is 9.72. The number of alkyl halides is 1. The number of halogens is 4. The van der Waals surface area contributed by atoms with Gasteiger partial charge < -0.3 is 0 Å². The maximum Gasteiger partial charge on any atom is 0.159 e. The molecule has 2 aromatic carbocycles. The molecule has 1 atom stereocenters. The number of aryl methyl sites for hydroxylation is 1. The lowest BCUT2D eigenvalue weighted by Crippen LogP contribution is -1.97. The molecule has 4 heteroatoms. The van der Waals surface area contributed by atoms with Gasteiger partial charge in [0.2, 0.25) is 0 Å². The van der Waals surface area contributed by atoms with Gasteiger partial charge in [-0.05, 0) is 41.8 Å². The van der Waals surface area contributed by atoms with E-state index in [4.69, 9.17) is 11.6 Å². The Morgan fingerprint density at radius 2 is 1.78 bits per heavy atom. The van der Waals surface area contributed by atoms with Crippen molar-refractivity contribution in [1.82, 2.24) is 0 Å². The highest BCUT2D eigenvalue weighted by Crippen LogP contribution is 2.34. The SMILES string of the molecule is Cc1ccc(C(Cl)c2ccc(F)c(F)c2)c(Br)c1. The average Bonchev–Trinajstić information content (AvgIpc) is 2.32. The largest absolute Gasteiger partial charge is 0.204 e. The van der Waals surface area contributed by atoms with E-state index in [0.29, 0.717) is 5.56 Å². The Balaban J connectivity index is 2.41. The number of rotatable bonds is 2. The van der Waals surface area contributed by atoms with Crippen molar-refractivity contribution in [2.75, 3.05) is 0 Å². The molecule has 94 valence electrons. The van der Waals surface area contributed by atoms with E-state index in [2.05, 4.69) is 15.9 Å². The molecular weight excluding hydrogens is 322 g/mol. The fourth-order valence-electron chi connectivity index (χ4n) is 1.69. The average molecular weight is 332 g/mol. The molecule has 0 spiro atoms. The van der Waals surface area contributed by atoms with E-state index in [-0.39, 0.29) is 0 Å². The monoisotopic (exact) mass is 330 g/mol. The standard InChI is InChI=1S/C14H10BrClF2/c1-8-2-4-10(11(15)6-8)14(16)9-3-5-12(17)13(18)7-9/h2-7,14H,1H3. The van der Waals surface area contributed by atoms with Crippen molar-refractivity contribution in [3.8, 4) is 0 Å². The van der Waals surface area contributed by atoms with Crippen molar-refractivity contribution < 1.29 is 8.78 Å². The molecule has 0 aliphatic heterocycles. The smallest absolute Gasteiger partial charge is 0.159 e. The van der Waals surface area contributed by atoms with Crippen molar-refractivity contribution in [1.29, 1.82) is 0 Å². The topological polar surface area (TPSA) is 0 Å². The molecule has 2 aromatic rings. The van der Waals surface area contributed by atoms with Crippen LogP contribution in [0.5, 0.6) is 0 Å². The van der Waals surface area contributed by atoms with Crippen LogP contribution in [0.3, 0.4) is 0 Å². The third kappa shape index (κ3) is 2.73. The molecule has 0 amide bonds. The molecule has 0 radical (unpaired) electrons. The summed E-state index contributed by atoms with van der Waals surface area (Å²) in [5, 5.41) is -0.518. The van der Waals surface area contributed by atoms with E-state index < -0.39 is 17.0 Å². The van der Waals surface area contributed by atoms with Crippen LogP contribution in [-0.2, 0) is 0 Å². The number of hydrogen-bond acceptors (Lipinski definition) is 0. The molecule has 1 unspecified atom stereocenters. The highest BCUT2D eigenvalue weighted by molar-refractivity contribution is 9.10. The number of benzene rings is 2. The van der Waals surface area contributed by atoms with Gasteiger partial charge in [0.1, 0.15) is 0 Å². The van der Waals surface area contributed by atoms with E-state index in [1.165, 1.54) is 6.07 Å². The van der Waals surface area contributed by atoms with Crippen molar-refractivity contribution in [3.05, 3.63) is 69.2 Å². The van der Waals surface area contributed by atoms with Gasteiger partial charge >= 0.3 is 0 Å². The van der Waals surface area contributed by atoms with Gasteiger partial charge in [0.05, 0.1) is 5.38 Å². The number of hydrogen-bond donors (Lipinski definition) is 0. The molecule has 2 rings (SSSR count). The second-order valence-corrected chi connectivity index (χ2v) is 5.35. The Bertz CT molecular complexity index is 584. The molecule has 0 bridgehead atoms. The van der Waals surface area contributed by atoms with Gasteiger partial charge in [0, 0.05) is 4.47 Å². The molecule has 0 aliphatic rings. The predicted molar refractivity (Wildman–Crippen MR) is 72.9 cm³/mol. The summed E-state index contributed by atoms with van der Waals surface area (Å²) in [5.41, 5.74) is 2.45. The van der Waals surface area contributed by atoms with E-state index in [9.17, 15) is 8.78 Å². The van der Waals surface area contributed by atoms with Gasteiger partial charge in [-0.1, -0.05) is 34.1 Å². The molecule has 0 fully saturated rings. The first-order chi connectivity index (χ1) is 8.49. The third-order valence-electron chi connectivity index (χ3n) is 2.67. The molecule has 0 aliphatic carbocycles. The van der Waals surface area contributed by atoms with Crippen LogP contribution in [0.2, 0.25) is 0 Å². The Morgan fingerprint density at radius 3 is 2.39 bits per heavy atom. The van der Waals surface area contributed by atoms with E-state index in [1.54, 1.807) is 0 Å². The van der Waals surface area contributed by atoms with Crippen LogP contribution in [0, 0.1) is 18.6 Å². The quantitative estimate of drug-likeness (QED) is 0.650. The molecule has 0 N–H and O–H groups in total. The van der Waals surface area contributed by atoms with Crippen molar-refractivity contribution in [2.45, 2.75) is 12.3 Å². The van der Waals surface area contributed by atoms with Crippen molar-refractivity contribution in [2.24, 2.45) is 0 Å². The van der Waals surface area contributed by atoms with Gasteiger partial charge in [0.25, 0.3) is 0 Å². The summed E-state index contributed by atoms with van der Waals surface area (Å²) in [6.45, 7) is 1.97.